The zero-order valence-electron chi connectivity index (χ0n) is 18.4. The van der Waals surface area contributed by atoms with E-state index in [1.807, 2.05) is 60.0 Å². The normalized spacial score (nSPS) is 16.6. The molecule has 1 saturated heterocycles. The highest BCUT2D eigenvalue weighted by Crippen LogP contribution is 2.29. The van der Waals surface area contributed by atoms with E-state index < -0.39 is 0 Å². The van der Waals surface area contributed by atoms with E-state index in [0.717, 1.165) is 53.0 Å². The number of aromatic nitrogens is 5. The summed E-state index contributed by atoms with van der Waals surface area (Å²) in [5.41, 5.74) is 3.21. The Labute approximate surface area is 190 Å². The molecule has 0 amide bonds. The predicted molar refractivity (Wildman–Crippen MR) is 127 cm³/mol. The van der Waals surface area contributed by atoms with Gasteiger partial charge in [-0.1, -0.05) is 18.2 Å². The largest absolute Gasteiger partial charge is 0.454 e. The van der Waals surface area contributed by atoms with E-state index in [-0.39, 0.29) is 11.7 Å². The Kier molecular flexibility index (Phi) is 4.71. The first-order chi connectivity index (χ1) is 16.2. The van der Waals surface area contributed by atoms with Crippen molar-refractivity contribution < 1.29 is 4.42 Å². The zero-order chi connectivity index (χ0) is 22.4. The van der Waals surface area contributed by atoms with E-state index >= 15 is 0 Å². The summed E-state index contributed by atoms with van der Waals surface area (Å²) in [6, 6.07) is 15.7. The number of benzene rings is 1. The van der Waals surface area contributed by atoms with Crippen molar-refractivity contribution in [2.75, 3.05) is 18.0 Å². The van der Waals surface area contributed by atoms with Crippen LogP contribution in [0.1, 0.15) is 25.8 Å². The molecule has 0 N–H and O–H groups in total. The molecule has 6 rings (SSSR count). The monoisotopic (exact) mass is 440 g/mol. The Morgan fingerprint density at radius 2 is 2.00 bits per heavy atom. The third-order valence-corrected chi connectivity index (χ3v) is 6.40. The molecular weight excluding hydrogens is 416 g/mol. The first-order valence-corrected chi connectivity index (χ1v) is 11.4. The molecule has 0 unspecified atom stereocenters. The van der Waals surface area contributed by atoms with Crippen LogP contribution in [0.3, 0.4) is 0 Å². The minimum atomic E-state index is -0.00463. The number of nitrogens with zero attached hydrogens (tertiary/aromatic N) is 6. The van der Waals surface area contributed by atoms with Crippen LogP contribution in [-0.4, -0.2) is 37.2 Å². The van der Waals surface area contributed by atoms with Gasteiger partial charge >= 0.3 is 5.69 Å². The van der Waals surface area contributed by atoms with Crippen LogP contribution in [0, 0.1) is 0 Å². The van der Waals surface area contributed by atoms with Crippen molar-refractivity contribution in [2.45, 2.75) is 32.4 Å². The maximum absolute atomic E-state index is 13.2. The Bertz CT molecular complexity index is 1480. The average Bonchev–Trinajstić information content (AvgIpc) is 3.42. The van der Waals surface area contributed by atoms with Gasteiger partial charge in [-0.2, -0.15) is 0 Å². The third kappa shape index (κ3) is 3.29. The second-order valence-corrected chi connectivity index (χ2v) is 8.38. The molecule has 166 valence electrons. The van der Waals surface area contributed by atoms with Gasteiger partial charge in [0.2, 0.25) is 5.95 Å². The zero-order valence-corrected chi connectivity index (χ0v) is 18.4. The van der Waals surface area contributed by atoms with E-state index in [1.165, 1.54) is 0 Å². The summed E-state index contributed by atoms with van der Waals surface area (Å²) >= 11 is 0. The van der Waals surface area contributed by atoms with Crippen LogP contribution in [0.4, 0.5) is 5.95 Å². The summed E-state index contributed by atoms with van der Waals surface area (Å²) in [5, 5.41) is 1.05. The number of fused-ring (bicyclic) bond motifs is 2. The Morgan fingerprint density at radius 1 is 1.09 bits per heavy atom. The van der Waals surface area contributed by atoms with Crippen molar-refractivity contribution in [1.29, 1.82) is 0 Å². The first kappa shape index (κ1) is 19.7. The molecule has 8 nitrogen and oxygen atoms in total. The summed E-state index contributed by atoms with van der Waals surface area (Å²) in [6.45, 7) is 4.10. The van der Waals surface area contributed by atoms with Crippen LogP contribution < -0.4 is 10.6 Å². The van der Waals surface area contributed by atoms with Gasteiger partial charge in [-0.15, -0.1) is 0 Å². The van der Waals surface area contributed by atoms with Gasteiger partial charge < -0.3 is 9.32 Å². The highest BCUT2D eigenvalue weighted by atomic mass is 16.3. The van der Waals surface area contributed by atoms with E-state index in [9.17, 15) is 4.79 Å². The quantitative estimate of drug-likeness (QED) is 0.415. The second kappa shape index (κ2) is 7.88. The Balaban J connectivity index is 1.34. The lowest BCUT2D eigenvalue weighted by Gasteiger charge is -2.33. The van der Waals surface area contributed by atoms with E-state index in [0.29, 0.717) is 19.0 Å². The van der Waals surface area contributed by atoms with Gasteiger partial charge in [-0.05, 0) is 50.1 Å². The first-order valence-electron chi connectivity index (χ1n) is 11.4. The molecule has 5 heterocycles. The fourth-order valence-corrected chi connectivity index (χ4v) is 4.84. The third-order valence-electron chi connectivity index (χ3n) is 6.40. The number of hydrogen-bond acceptors (Lipinski definition) is 6. The highest BCUT2D eigenvalue weighted by Gasteiger charge is 2.27. The molecule has 4 aromatic heterocycles. The minimum absolute atomic E-state index is 0.00463. The summed E-state index contributed by atoms with van der Waals surface area (Å²) < 4.78 is 9.65. The molecular formula is C25H24N6O2. The van der Waals surface area contributed by atoms with Crippen molar-refractivity contribution in [3.8, 4) is 11.5 Å². The van der Waals surface area contributed by atoms with Gasteiger partial charge in [-0.3, -0.25) is 9.13 Å². The van der Waals surface area contributed by atoms with Gasteiger partial charge in [-0.25, -0.2) is 19.7 Å². The van der Waals surface area contributed by atoms with Gasteiger partial charge in [0.05, 0.1) is 11.6 Å². The number of anilines is 1. The van der Waals surface area contributed by atoms with Crippen LogP contribution in [-0.2, 0) is 6.54 Å². The average molecular weight is 441 g/mol. The Hall–Kier alpha value is -3.94. The van der Waals surface area contributed by atoms with E-state index in [2.05, 4.69) is 14.9 Å². The summed E-state index contributed by atoms with van der Waals surface area (Å²) in [4.78, 5) is 29.3. The number of piperidine rings is 1. The maximum atomic E-state index is 13.2. The predicted octanol–water partition coefficient (Wildman–Crippen LogP) is 4.26. The topological polar surface area (TPSA) is 82.0 Å². The molecule has 1 atom stereocenters. The van der Waals surface area contributed by atoms with E-state index in [1.54, 1.807) is 17.0 Å². The fourth-order valence-electron chi connectivity index (χ4n) is 4.84. The lowest BCUT2D eigenvalue weighted by Crippen LogP contribution is -2.41. The van der Waals surface area contributed by atoms with Gasteiger partial charge in [0.25, 0.3) is 0 Å². The minimum Gasteiger partial charge on any atom is -0.454 e. The fraction of sp³-hybridized carbons (Fsp3) is 0.280. The summed E-state index contributed by atoms with van der Waals surface area (Å²) in [7, 11) is 0. The molecule has 8 heteroatoms. The number of para-hydroxylation sites is 1. The van der Waals surface area contributed by atoms with Crippen LogP contribution in [0.15, 0.2) is 70.1 Å². The molecule has 0 bridgehead atoms. The van der Waals surface area contributed by atoms with Crippen LogP contribution in [0.5, 0.6) is 0 Å². The number of rotatable bonds is 4. The molecule has 1 aromatic carbocycles. The van der Waals surface area contributed by atoms with Crippen molar-refractivity contribution in [1.82, 2.24) is 24.1 Å². The molecule has 0 aliphatic carbocycles. The van der Waals surface area contributed by atoms with Crippen molar-refractivity contribution in [3.05, 3.63) is 71.4 Å². The molecule has 1 fully saturated rings. The van der Waals surface area contributed by atoms with Gasteiger partial charge in [0.1, 0.15) is 11.3 Å². The van der Waals surface area contributed by atoms with Crippen molar-refractivity contribution >= 4 is 28.1 Å². The molecule has 0 radical (unpaired) electrons. The van der Waals surface area contributed by atoms with Gasteiger partial charge in [0.15, 0.2) is 11.4 Å². The van der Waals surface area contributed by atoms with Crippen molar-refractivity contribution in [2.24, 2.45) is 0 Å². The summed E-state index contributed by atoms with van der Waals surface area (Å²) in [6.07, 6.45) is 5.38. The molecule has 33 heavy (non-hydrogen) atoms. The Morgan fingerprint density at radius 3 is 2.88 bits per heavy atom. The number of pyridine rings is 1. The van der Waals surface area contributed by atoms with E-state index in [4.69, 9.17) is 9.40 Å². The highest BCUT2D eigenvalue weighted by molar-refractivity contribution is 5.82. The molecule has 0 saturated carbocycles. The van der Waals surface area contributed by atoms with Crippen LogP contribution in [0.2, 0.25) is 0 Å². The molecule has 1 aliphatic rings. The number of imidazole rings is 1. The smallest absolute Gasteiger partial charge is 0.330 e. The SMILES string of the molecule is CCn1c(=O)n([C@H]2CCCN(c3nccc(-c4cc5ccccc5o4)n3)C2)c2ncccc21. The lowest BCUT2D eigenvalue weighted by molar-refractivity contribution is 0.396. The number of furan rings is 1. The number of aryl methyl sites for hydroxylation is 1. The number of hydrogen-bond donors (Lipinski definition) is 0. The molecule has 1 aliphatic heterocycles. The lowest BCUT2D eigenvalue weighted by atomic mass is 10.1. The van der Waals surface area contributed by atoms with Crippen LogP contribution in [0.25, 0.3) is 33.6 Å². The standard InChI is InChI=1S/C25H24N6O2/c1-2-30-20-9-5-12-26-23(20)31(25(30)32)18-8-6-14-29(16-18)24-27-13-11-19(28-24)22-15-17-7-3-4-10-21(17)33-22/h3-5,7,9-13,15,18H,2,6,8,14,16H2,1H3/t18-/m0/s1. The maximum Gasteiger partial charge on any atom is 0.330 e. The second-order valence-electron chi connectivity index (χ2n) is 8.38. The van der Waals surface area contributed by atoms with Gasteiger partial charge in [0, 0.05) is 37.4 Å². The van der Waals surface area contributed by atoms with Crippen LogP contribution >= 0.6 is 0 Å². The van der Waals surface area contributed by atoms with Crippen molar-refractivity contribution in [3.63, 3.8) is 0 Å². The summed E-state index contributed by atoms with van der Waals surface area (Å²) in [5.74, 6) is 1.37. The molecule has 0 spiro atoms. The molecule has 5 aromatic rings.